The predicted molar refractivity (Wildman–Crippen MR) is 151 cm³/mol. The van der Waals surface area contributed by atoms with E-state index in [9.17, 15) is 9.59 Å². The van der Waals surface area contributed by atoms with Crippen LogP contribution in [0.15, 0.2) is 30.3 Å². The largest absolute Gasteiger partial charge is 0.500 e. The molecule has 1 fully saturated rings. The van der Waals surface area contributed by atoms with E-state index >= 15 is 0 Å². The van der Waals surface area contributed by atoms with Gasteiger partial charge in [0.05, 0.1) is 13.7 Å². The molecule has 1 aromatic carbocycles. The minimum absolute atomic E-state index is 0.347. The van der Waals surface area contributed by atoms with Gasteiger partial charge in [0, 0.05) is 38.5 Å². The Hall–Kier alpha value is -2.20. The number of ether oxygens (including phenoxy) is 2. The van der Waals surface area contributed by atoms with Gasteiger partial charge in [0.15, 0.2) is 0 Å². The molecule has 0 aromatic heterocycles. The van der Waals surface area contributed by atoms with Crippen molar-refractivity contribution in [1.82, 2.24) is 5.32 Å². The summed E-state index contributed by atoms with van der Waals surface area (Å²) in [6, 6.07) is 9.11. The fraction of sp³-hybridized carbons (Fsp3) is 0.655. The molecule has 0 radical (unpaired) electrons. The molecule has 8 nitrogen and oxygen atoms in total. The lowest BCUT2D eigenvalue weighted by Gasteiger charge is -2.29. The number of hydrogen-bond acceptors (Lipinski definition) is 7. The molecule has 1 aliphatic rings. The maximum absolute atomic E-state index is 12.1. The fourth-order valence-corrected chi connectivity index (χ4v) is 7.59. The molecule has 1 N–H and O–H groups in total. The number of amides is 1. The van der Waals surface area contributed by atoms with Crippen molar-refractivity contribution in [3.05, 3.63) is 41.5 Å². The Morgan fingerprint density at radius 3 is 2.16 bits per heavy atom. The van der Waals surface area contributed by atoms with Gasteiger partial charge in [-0.15, -0.1) is 0 Å². The third-order valence-corrected chi connectivity index (χ3v) is 10.0. The summed E-state index contributed by atoms with van der Waals surface area (Å²) in [7, 11) is -1.29. The molecule has 1 aliphatic carbocycles. The Kier molecular flexibility index (Phi) is 15.3. The van der Waals surface area contributed by atoms with Gasteiger partial charge in [0.2, 0.25) is 0 Å². The molecule has 214 valence electrons. The fourth-order valence-electron chi connectivity index (χ4n) is 4.98. The second-order valence-corrected chi connectivity index (χ2v) is 12.3. The molecule has 1 aromatic rings. The summed E-state index contributed by atoms with van der Waals surface area (Å²) in [4.78, 5) is 23.3. The maximum Gasteiger partial charge on any atom is 0.500 e. The normalized spacial score (nSPS) is 17.9. The first-order valence-electron chi connectivity index (χ1n) is 14.1. The average molecular weight is 550 g/mol. The molecule has 0 unspecified atom stereocenters. The van der Waals surface area contributed by atoms with E-state index in [1.165, 1.54) is 44.4 Å². The third kappa shape index (κ3) is 11.7. The molecule has 2 rings (SSSR count). The van der Waals surface area contributed by atoms with Crippen molar-refractivity contribution in [2.24, 2.45) is 5.92 Å². The van der Waals surface area contributed by atoms with Crippen LogP contribution in [0, 0.1) is 5.92 Å². The number of methoxy groups -OCH3 is 1. The van der Waals surface area contributed by atoms with Crippen molar-refractivity contribution >= 4 is 26.9 Å². The van der Waals surface area contributed by atoms with Crippen LogP contribution in [0.1, 0.15) is 82.8 Å². The first-order valence-corrected chi connectivity index (χ1v) is 16.1. The quantitative estimate of drug-likeness (QED) is 0.109. The van der Waals surface area contributed by atoms with Crippen LogP contribution in [-0.4, -0.2) is 60.9 Å². The van der Waals surface area contributed by atoms with Crippen LogP contribution >= 0.6 is 0 Å². The lowest BCUT2D eigenvalue weighted by Crippen LogP contribution is -2.46. The molecular weight excluding hydrogens is 502 g/mol. The summed E-state index contributed by atoms with van der Waals surface area (Å²) in [5, 5.41) is 2.83. The Bertz CT molecular complexity index is 821. The molecule has 1 amide bonds. The molecule has 0 atom stereocenters. The molecule has 0 bridgehead atoms. The Balaban J connectivity index is 1.59. The summed E-state index contributed by atoms with van der Waals surface area (Å²) < 4.78 is 27.6. The predicted octanol–water partition coefficient (Wildman–Crippen LogP) is 6.09. The zero-order valence-electron chi connectivity index (χ0n) is 23.7. The highest BCUT2D eigenvalue weighted by molar-refractivity contribution is 6.60. The lowest BCUT2D eigenvalue weighted by atomic mass is 9.77. The zero-order valence-corrected chi connectivity index (χ0v) is 24.7. The number of carbonyl (C=O) groups excluding carboxylic acids is 2. The lowest BCUT2D eigenvalue weighted by molar-refractivity contribution is -0.134. The highest BCUT2D eigenvalue weighted by atomic mass is 28.4. The molecule has 38 heavy (non-hydrogen) atoms. The van der Waals surface area contributed by atoms with Crippen LogP contribution in [-0.2, 0) is 27.5 Å². The highest BCUT2D eigenvalue weighted by Crippen LogP contribution is 2.37. The van der Waals surface area contributed by atoms with Crippen LogP contribution in [0.3, 0.4) is 0 Å². The number of esters is 1. The van der Waals surface area contributed by atoms with Crippen molar-refractivity contribution in [2.45, 2.75) is 77.7 Å². The van der Waals surface area contributed by atoms with Gasteiger partial charge in [-0.25, -0.2) is 9.59 Å². The molecule has 1 saturated carbocycles. The molecule has 0 aliphatic heterocycles. The van der Waals surface area contributed by atoms with Gasteiger partial charge >= 0.3 is 20.9 Å². The van der Waals surface area contributed by atoms with Gasteiger partial charge in [-0.1, -0.05) is 24.3 Å². The van der Waals surface area contributed by atoms with Gasteiger partial charge in [-0.05, 0) is 94.8 Å². The monoisotopic (exact) mass is 549 g/mol. The zero-order chi connectivity index (χ0) is 27.6. The first kappa shape index (κ1) is 32.0. The minimum atomic E-state index is -2.67. The van der Waals surface area contributed by atoms with Crippen molar-refractivity contribution in [2.75, 3.05) is 40.1 Å². The summed E-state index contributed by atoms with van der Waals surface area (Å²) in [5.41, 5.74) is 2.36. The van der Waals surface area contributed by atoms with Crippen molar-refractivity contribution in [3.8, 4) is 0 Å². The van der Waals surface area contributed by atoms with Crippen LogP contribution in [0.2, 0.25) is 6.04 Å². The van der Waals surface area contributed by atoms with E-state index in [-0.39, 0.29) is 12.1 Å². The van der Waals surface area contributed by atoms with Crippen molar-refractivity contribution in [3.63, 3.8) is 0 Å². The molecule has 0 heterocycles. The average Bonchev–Trinajstić information content (AvgIpc) is 2.93. The topological polar surface area (TPSA) is 92.3 Å². The van der Waals surface area contributed by atoms with Crippen LogP contribution in [0.25, 0.3) is 6.08 Å². The van der Waals surface area contributed by atoms with E-state index in [0.717, 1.165) is 24.8 Å². The molecular formula is C29H47NO7Si. The van der Waals surface area contributed by atoms with E-state index < -0.39 is 8.80 Å². The van der Waals surface area contributed by atoms with E-state index in [1.54, 1.807) is 6.08 Å². The highest BCUT2D eigenvalue weighted by Gasteiger charge is 2.39. The summed E-state index contributed by atoms with van der Waals surface area (Å²) in [5.74, 6) is 0.927. The Labute approximate surface area is 229 Å². The molecule has 0 spiro atoms. The van der Waals surface area contributed by atoms with E-state index in [1.807, 2.05) is 20.8 Å². The molecule has 0 saturated heterocycles. The smallest absolute Gasteiger partial charge is 0.466 e. The van der Waals surface area contributed by atoms with Gasteiger partial charge in [0.1, 0.15) is 0 Å². The van der Waals surface area contributed by atoms with Crippen molar-refractivity contribution < 1.29 is 32.3 Å². The van der Waals surface area contributed by atoms with Crippen LogP contribution in [0.5, 0.6) is 0 Å². The van der Waals surface area contributed by atoms with E-state index in [4.69, 9.17) is 18.0 Å². The number of carbonyl (C=O) groups is 2. The van der Waals surface area contributed by atoms with Crippen LogP contribution in [0.4, 0.5) is 4.79 Å². The van der Waals surface area contributed by atoms with Crippen LogP contribution < -0.4 is 5.32 Å². The number of rotatable bonds is 17. The number of benzene rings is 1. The number of hydrogen-bond donors (Lipinski definition) is 1. The third-order valence-electron chi connectivity index (χ3n) is 6.88. The Morgan fingerprint density at radius 2 is 1.58 bits per heavy atom. The standard InChI is InChI=1S/C29H47NO7Si/c1-5-35-38(36-6-2,37-7-3)23-9-21-30-29(32)34-22-8-10-24-11-16-26(17-12-24)27-18-13-25(14-19-27)15-20-28(31)33-4/h13-15,18-20,24,26H,5-12,16-17,21-23H2,1-4H3,(H,30,32)/b20-15+/t24-,26-. The van der Waals surface area contributed by atoms with Crippen molar-refractivity contribution in [1.29, 1.82) is 0 Å². The molecule has 9 heteroatoms. The second kappa shape index (κ2) is 18.1. The second-order valence-electron chi connectivity index (χ2n) is 9.53. The van der Waals surface area contributed by atoms with Gasteiger partial charge in [-0.3, -0.25) is 0 Å². The first-order chi connectivity index (χ1) is 18.4. The van der Waals surface area contributed by atoms with Gasteiger partial charge in [-0.2, -0.15) is 0 Å². The van der Waals surface area contributed by atoms with E-state index in [0.29, 0.717) is 50.9 Å². The van der Waals surface area contributed by atoms with Gasteiger partial charge < -0.3 is 28.1 Å². The maximum atomic E-state index is 12.1. The summed E-state index contributed by atoms with van der Waals surface area (Å²) >= 11 is 0. The van der Waals surface area contributed by atoms with E-state index in [2.05, 4.69) is 34.3 Å². The number of alkyl carbamates (subject to hydrolysis) is 1. The SMILES string of the molecule is CCO[Si](CCCNC(=O)OCCC[C@H]1CC[C@H](c2ccc(/C=C/C(=O)OC)cc2)CC1)(OCC)OCC. The summed E-state index contributed by atoms with van der Waals surface area (Å²) in [6.07, 6.45) is 10.3. The number of nitrogens with one attached hydrogen (secondary N) is 1. The summed E-state index contributed by atoms with van der Waals surface area (Å²) in [6.45, 7) is 8.42. The van der Waals surface area contributed by atoms with Gasteiger partial charge in [0.25, 0.3) is 0 Å². The minimum Gasteiger partial charge on any atom is -0.466 e. The Morgan fingerprint density at radius 1 is 0.947 bits per heavy atom.